The quantitative estimate of drug-likeness (QED) is 0.319. The molecule has 5 aliphatic rings. The summed E-state index contributed by atoms with van der Waals surface area (Å²) in [4.78, 5) is 88.9. The Morgan fingerprint density at radius 3 is 2.17 bits per heavy atom. The summed E-state index contributed by atoms with van der Waals surface area (Å²) in [6.07, 6.45) is 1.50. The predicted octanol–water partition coefficient (Wildman–Crippen LogP) is 3.28. The summed E-state index contributed by atoms with van der Waals surface area (Å²) < 4.78 is 6.35. The molecule has 1 unspecified atom stereocenters. The number of hydrogen-bond acceptors (Lipinski definition) is 11. The minimum absolute atomic E-state index is 0.0504. The Balaban J connectivity index is 0.815. The van der Waals surface area contributed by atoms with Crippen LogP contribution in [0.2, 0.25) is 5.02 Å². The molecule has 15 nitrogen and oxygen atoms in total. The number of nitrogens with one attached hydrogen (secondary N) is 2. The molecule has 2 saturated heterocycles. The van der Waals surface area contributed by atoms with Crippen molar-refractivity contribution in [2.24, 2.45) is 10.8 Å². The Morgan fingerprint density at radius 1 is 0.948 bits per heavy atom. The first kappa shape index (κ1) is 39.0. The normalized spacial score (nSPS) is 23.4. The van der Waals surface area contributed by atoms with Crippen LogP contribution in [0.3, 0.4) is 0 Å². The van der Waals surface area contributed by atoms with Crippen molar-refractivity contribution in [2.45, 2.75) is 71.8 Å². The maximum atomic E-state index is 13.4. The van der Waals surface area contributed by atoms with Crippen LogP contribution in [-0.2, 0) is 27.5 Å². The summed E-state index contributed by atoms with van der Waals surface area (Å²) in [5, 5.41) is 14.9. The number of benzene rings is 2. The van der Waals surface area contributed by atoms with E-state index < -0.39 is 40.5 Å². The van der Waals surface area contributed by atoms with Crippen LogP contribution in [0.15, 0.2) is 48.7 Å². The number of carbonyl (C=O) groups is 6. The van der Waals surface area contributed by atoms with Gasteiger partial charge in [0.25, 0.3) is 17.7 Å². The third-order valence-electron chi connectivity index (χ3n) is 12.3. The molecule has 1 aromatic heterocycles. The van der Waals surface area contributed by atoms with Gasteiger partial charge in [-0.2, -0.15) is 5.26 Å². The van der Waals surface area contributed by atoms with Crippen molar-refractivity contribution < 1.29 is 33.5 Å². The van der Waals surface area contributed by atoms with E-state index in [0.717, 1.165) is 21.8 Å². The van der Waals surface area contributed by atoms with Crippen LogP contribution in [0.1, 0.15) is 88.3 Å². The third kappa shape index (κ3) is 6.73. The van der Waals surface area contributed by atoms with E-state index in [4.69, 9.17) is 16.3 Å². The van der Waals surface area contributed by atoms with Gasteiger partial charge in [0.05, 0.1) is 33.8 Å². The van der Waals surface area contributed by atoms with Gasteiger partial charge in [-0.15, -0.1) is 0 Å². The van der Waals surface area contributed by atoms with Gasteiger partial charge in [-0.3, -0.25) is 43.9 Å². The summed E-state index contributed by atoms with van der Waals surface area (Å²) in [5.74, 6) is -1.20. The minimum Gasteiger partial charge on any atom is -0.489 e. The number of nitrogens with zero attached hydrogens (tertiary/aromatic N) is 6. The lowest BCUT2D eigenvalue weighted by molar-refractivity contribution is -0.164. The number of ether oxygens (including phenoxy) is 1. The molecule has 0 spiro atoms. The van der Waals surface area contributed by atoms with Crippen LogP contribution in [0.4, 0.5) is 5.82 Å². The summed E-state index contributed by atoms with van der Waals surface area (Å²) in [6.45, 7) is 11.6. The first-order valence-electron chi connectivity index (χ1n) is 19.3. The number of imide groups is 2. The fourth-order valence-electron chi connectivity index (χ4n) is 9.49. The minimum atomic E-state index is -1.03. The highest BCUT2D eigenvalue weighted by Crippen LogP contribution is 2.55. The Labute approximate surface area is 340 Å². The second kappa shape index (κ2) is 14.5. The molecule has 2 aromatic carbocycles. The number of nitriles is 1. The van der Waals surface area contributed by atoms with Gasteiger partial charge < -0.3 is 19.9 Å². The zero-order valence-corrected chi connectivity index (χ0v) is 33.4. The molecular formula is C42H43ClN8O7. The van der Waals surface area contributed by atoms with E-state index in [-0.39, 0.29) is 54.5 Å². The second-order valence-corrected chi connectivity index (χ2v) is 17.2. The van der Waals surface area contributed by atoms with Gasteiger partial charge in [0, 0.05) is 74.8 Å². The molecular weight excluding hydrogens is 764 g/mol. The molecule has 2 N–H and O–H groups in total. The Bertz CT molecular complexity index is 2250. The number of anilines is 1. The molecule has 58 heavy (non-hydrogen) atoms. The lowest BCUT2D eigenvalue weighted by Gasteiger charge is -2.63. The van der Waals surface area contributed by atoms with Gasteiger partial charge in [0.15, 0.2) is 0 Å². The molecule has 3 aromatic rings. The average molecular weight is 807 g/mol. The predicted molar refractivity (Wildman–Crippen MR) is 210 cm³/mol. The molecule has 0 radical (unpaired) electrons. The van der Waals surface area contributed by atoms with Crippen molar-refractivity contribution in [2.75, 3.05) is 37.6 Å². The first-order chi connectivity index (χ1) is 27.6. The number of aromatic nitrogens is 1. The molecule has 6 amide bonds. The van der Waals surface area contributed by atoms with Gasteiger partial charge >= 0.3 is 0 Å². The highest BCUT2D eigenvalue weighted by atomic mass is 35.5. The zero-order chi connectivity index (χ0) is 41.3. The molecule has 4 aliphatic heterocycles. The van der Waals surface area contributed by atoms with E-state index in [1.807, 2.05) is 6.07 Å². The first-order valence-corrected chi connectivity index (χ1v) is 19.7. The standard InChI is InChI=1S/C42H43ClN8O7/c1-41(2)39(42(3,4)40(41)58-27-7-5-23(18-44)30(43)17-27)47-35(54)24-6-9-32(45-19-24)49-13-11-48(12-14-49)22-34(53)50-20-25-15-28-29(16-26(25)21-50)38(57)51(37(28)56)31-8-10-33(52)46-36(31)55/h5-7,9,15-17,19,31,39-40H,8,10-14,20-22H2,1-4H3,(H,47,54)(H,46,52,55). The van der Waals surface area contributed by atoms with Crippen molar-refractivity contribution >= 4 is 52.9 Å². The second-order valence-electron chi connectivity index (χ2n) is 16.8. The molecule has 1 aliphatic carbocycles. The van der Waals surface area contributed by atoms with Gasteiger partial charge in [-0.25, -0.2) is 4.98 Å². The number of amides is 6. The van der Waals surface area contributed by atoms with E-state index in [9.17, 15) is 34.0 Å². The number of halogens is 1. The average Bonchev–Trinajstić information content (AvgIpc) is 3.72. The van der Waals surface area contributed by atoms with Crippen molar-refractivity contribution in [3.63, 3.8) is 0 Å². The monoisotopic (exact) mass is 806 g/mol. The summed E-state index contributed by atoms with van der Waals surface area (Å²) in [7, 11) is 0. The summed E-state index contributed by atoms with van der Waals surface area (Å²) in [6, 6.07) is 12.8. The molecule has 16 heteroatoms. The maximum absolute atomic E-state index is 13.4. The third-order valence-corrected chi connectivity index (χ3v) is 12.6. The van der Waals surface area contributed by atoms with E-state index in [0.29, 0.717) is 61.2 Å². The number of fused-ring (bicyclic) bond motifs is 2. The smallest absolute Gasteiger partial charge is 0.262 e. The highest BCUT2D eigenvalue weighted by Gasteiger charge is 2.64. The SMILES string of the molecule is CC1(C)C(NC(=O)c2ccc(N3CCN(CC(=O)N4Cc5cc6c(cc5C4)C(=O)N(C4CCC(=O)NC4=O)C6=O)CC3)nc2)C(C)(C)C1Oc1ccc(C#N)c(Cl)c1. The molecule has 300 valence electrons. The fourth-order valence-corrected chi connectivity index (χ4v) is 9.70. The molecule has 1 saturated carbocycles. The van der Waals surface area contributed by atoms with E-state index in [1.165, 1.54) is 0 Å². The van der Waals surface area contributed by atoms with Gasteiger partial charge in [0.1, 0.15) is 29.8 Å². The van der Waals surface area contributed by atoms with Crippen molar-refractivity contribution in [3.05, 3.63) is 87.1 Å². The Morgan fingerprint density at radius 2 is 1.60 bits per heavy atom. The summed E-state index contributed by atoms with van der Waals surface area (Å²) >= 11 is 6.23. The van der Waals surface area contributed by atoms with Crippen molar-refractivity contribution in [3.8, 4) is 11.8 Å². The highest BCUT2D eigenvalue weighted by molar-refractivity contribution is 6.31. The number of carbonyl (C=O) groups excluding carboxylic acids is 6. The van der Waals surface area contributed by atoms with Gasteiger partial charge in [-0.1, -0.05) is 39.3 Å². The lowest BCUT2D eigenvalue weighted by atomic mass is 9.49. The van der Waals surface area contributed by atoms with Crippen molar-refractivity contribution in [1.29, 1.82) is 5.26 Å². The van der Waals surface area contributed by atoms with Crippen LogP contribution < -0.4 is 20.3 Å². The van der Waals surface area contributed by atoms with E-state index in [2.05, 4.69) is 59.2 Å². The van der Waals surface area contributed by atoms with Gasteiger partial charge in [0.2, 0.25) is 17.7 Å². The number of pyridine rings is 1. The van der Waals surface area contributed by atoms with Crippen molar-refractivity contribution in [1.82, 2.24) is 30.3 Å². The molecule has 5 heterocycles. The van der Waals surface area contributed by atoms with Crippen LogP contribution in [0.5, 0.6) is 5.75 Å². The fraction of sp³-hybridized carbons (Fsp3) is 0.429. The Hall–Kier alpha value is -5.85. The number of piperidine rings is 1. The van der Waals surface area contributed by atoms with E-state index in [1.54, 1.807) is 47.5 Å². The number of piperazine rings is 1. The molecule has 3 fully saturated rings. The Kier molecular flexibility index (Phi) is 9.76. The molecule has 0 bridgehead atoms. The van der Waals surface area contributed by atoms with Crippen LogP contribution in [0, 0.1) is 22.2 Å². The number of rotatable bonds is 8. The molecule has 1 atom stereocenters. The van der Waals surface area contributed by atoms with Crippen LogP contribution in [0.25, 0.3) is 0 Å². The van der Waals surface area contributed by atoms with Gasteiger partial charge in [-0.05, 0) is 53.9 Å². The largest absolute Gasteiger partial charge is 0.489 e. The van der Waals surface area contributed by atoms with E-state index >= 15 is 0 Å². The van der Waals surface area contributed by atoms with Crippen LogP contribution in [-0.4, -0.2) is 106 Å². The molecule has 8 rings (SSSR count). The zero-order valence-electron chi connectivity index (χ0n) is 32.6. The summed E-state index contributed by atoms with van der Waals surface area (Å²) in [5.41, 5.74) is 2.00. The maximum Gasteiger partial charge on any atom is 0.262 e. The lowest BCUT2D eigenvalue weighted by Crippen LogP contribution is -2.74. The van der Waals surface area contributed by atoms with Crippen LogP contribution >= 0.6 is 11.6 Å². The number of hydrogen-bond donors (Lipinski definition) is 2. The topological polar surface area (TPSA) is 185 Å².